The molecule has 0 radical (unpaired) electrons. The predicted octanol–water partition coefficient (Wildman–Crippen LogP) is 3.58. The van der Waals surface area contributed by atoms with Crippen LogP contribution in [0.4, 0.5) is 0 Å². The molecule has 15 heavy (non-hydrogen) atoms. The van der Waals surface area contributed by atoms with Crippen molar-refractivity contribution >= 4 is 27.5 Å². The van der Waals surface area contributed by atoms with Crippen molar-refractivity contribution in [3.8, 4) is 5.75 Å². The first-order valence-electron chi connectivity index (χ1n) is 4.67. The van der Waals surface area contributed by atoms with Crippen LogP contribution >= 0.6 is 27.5 Å². The zero-order valence-electron chi connectivity index (χ0n) is 9.32. The van der Waals surface area contributed by atoms with Crippen LogP contribution in [0.25, 0.3) is 0 Å². The van der Waals surface area contributed by atoms with Gasteiger partial charge in [0.25, 0.3) is 0 Å². The Kier molecular flexibility index (Phi) is 4.44. The van der Waals surface area contributed by atoms with Crippen molar-refractivity contribution in [3.05, 3.63) is 27.8 Å². The Labute approximate surface area is 104 Å². The second kappa shape index (κ2) is 5.19. The lowest BCUT2D eigenvalue weighted by Gasteiger charge is -2.18. The second-order valence-electron chi connectivity index (χ2n) is 3.40. The van der Waals surface area contributed by atoms with Crippen LogP contribution in [0.1, 0.15) is 21.6 Å². The first kappa shape index (κ1) is 12.8. The molecule has 1 aromatic carbocycles. The van der Waals surface area contributed by atoms with Gasteiger partial charge in [0.1, 0.15) is 5.75 Å². The van der Waals surface area contributed by atoms with Gasteiger partial charge in [0, 0.05) is 10.6 Å². The zero-order valence-corrected chi connectivity index (χ0v) is 11.7. The molecule has 1 N–H and O–H groups in total. The van der Waals surface area contributed by atoms with Crippen molar-refractivity contribution in [2.24, 2.45) is 0 Å². The van der Waals surface area contributed by atoms with Gasteiger partial charge < -0.3 is 10.1 Å². The van der Waals surface area contributed by atoms with E-state index in [0.717, 1.165) is 27.5 Å². The molecular weight excluding hydrogens is 277 g/mol. The summed E-state index contributed by atoms with van der Waals surface area (Å²) in [4.78, 5) is 0.0468. The van der Waals surface area contributed by atoms with E-state index in [-0.39, 0.29) is 4.95 Å². The number of rotatable bonds is 3. The summed E-state index contributed by atoms with van der Waals surface area (Å²) in [7, 11) is 3.55. The number of halogens is 2. The predicted molar refractivity (Wildman–Crippen MR) is 68.2 cm³/mol. The van der Waals surface area contributed by atoms with E-state index in [1.54, 1.807) is 7.11 Å². The molecule has 0 aliphatic rings. The molecule has 0 spiro atoms. The largest absolute Gasteiger partial charge is 0.496 e. The summed E-state index contributed by atoms with van der Waals surface area (Å²) in [5, 5.41) is 3.92. The van der Waals surface area contributed by atoms with Gasteiger partial charge in [-0.15, -0.1) is 0 Å². The highest BCUT2D eigenvalue weighted by molar-refractivity contribution is 9.09. The van der Waals surface area contributed by atoms with Crippen LogP contribution in [0.3, 0.4) is 0 Å². The number of methoxy groups -OCH3 is 1. The Hall–Kier alpha value is -0.250. The number of hydrogen-bond acceptors (Lipinski definition) is 2. The Balaban J connectivity index is 3.40. The molecule has 2 nitrogen and oxygen atoms in total. The molecule has 0 saturated carbocycles. The average Bonchev–Trinajstić information content (AvgIpc) is 2.24. The van der Waals surface area contributed by atoms with Crippen LogP contribution in [0, 0.1) is 13.8 Å². The molecule has 1 atom stereocenters. The summed E-state index contributed by atoms with van der Waals surface area (Å²) in [5.41, 5.74) is 3.13. The highest BCUT2D eigenvalue weighted by Crippen LogP contribution is 2.37. The van der Waals surface area contributed by atoms with Gasteiger partial charge in [0.2, 0.25) is 0 Å². The third kappa shape index (κ3) is 2.47. The van der Waals surface area contributed by atoms with E-state index < -0.39 is 0 Å². The molecule has 0 bridgehead atoms. The van der Waals surface area contributed by atoms with Crippen molar-refractivity contribution in [1.29, 1.82) is 0 Å². The summed E-state index contributed by atoms with van der Waals surface area (Å²) in [5.74, 6) is 0.852. The molecule has 0 aromatic heterocycles. The molecule has 1 rings (SSSR count). The molecule has 84 valence electrons. The molecule has 0 amide bonds. The fraction of sp³-hybridized carbons (Fsp3) is 0.455. The van der Waals surface area contributed by atoms with Crippen LogP contribution < -0.4 is 10.1 Å². The molecular formula is C11H15BrClNO. The maximum atomic E-state index is 6.21. The fourth-order valence-electron chi connectivity index (χ4n) is 1.56. The van der Waals surface area contributed by atoms with Crippen molar-refractivity contribution in [2.45, 2.75) is 18.8 Å². The third-order valence-electron chi connectivity index (χ3n) is 2.42. The van der Waals surface area contributed by atoms with Gasteiger partial charge in [-0.2, -0.15) is 0 Å². The van der Waals surface area contributed by atoms with E-state index in [1.165, 1.54) is 0 Å². The number of hydrogen-bond donors (Lipinski definition) is 1. The normalized spacial score (nSPS) is 12.7. The summed E-state index contributed by atoms with van der Waals surface area (Å²) in [6.07, 6.45) is 0. The standard InChI is InChI=1S/C11H15BrClNO/c1-6-5-8(15-4)9(11(12)14-3)7(2)10(6)13/h5,11,14H,1-4H3. The van der Waals surface area contributed by atoms with Gasteiger partial charge in [-0.3, -0.25) is 0 Å². The van der Waals surface area contributed by atoms with Crippen LogP contribution in [0.15, 0.2) is 6.07 Å². The fourth-order valence-corrected chi connectivity index (χ4v) is 2.29. The van der Waals surface area contributed by atoms with E-state index in [4.69, 9.17) is 16.3 Å². The minimum atomic E-state index is 0.0468. The Bertz CT molecular complexity index is 368. The van der Waals surface area contributed by atoms with E-state index in [2.05, 4.69) is 21.2 Å². The summed E-state index contributed by atoms with van der Waals surface area (Å²) in [6, 6.07) is 1.95. The molecule has 0 aliphatic heterocycles. The van der Waals surface area contributed by atoms with Crippen molar-refractivity contribution in [1.82, 2.24) is 5.32 Å². The third-order valence-corrected chi connectivity index (χ3v) is 3.92. The number of aryl methyl sites for hydroxylation is 1. The lowest BCUT2D eigenvalue weighted by atomic mass is 10.0. The highest BCUT2D eigenvalue weighted by Gasteiger charge is 2.17. The van der Waals surface area contributed by atoms with Crippen LogP contribution in [0.2, 0.25) is 5.02 Å². The summed E-state index contributed by atoms with van der Waals surface area (Å²) in [6.45, 7) is 3.98. The van der Waals surface area contributed by atoms with Gasteiger partial charge in [-0.25, -0.2) is 0 Å². The van der Waals surface area contributed by atoms with Crippen molar-refractivity contribution < 1.29 is 4.74 Å². The summed E-state index contributed by atoms with van der Waals surface area (Å²) < 4.78 is 5.36. The number of ether oxygens (including phenoxy) is 1. The van der Waals surface area contributed by atoms with Gasteiger partial charge in [0.05, 0.1) is 12.1 Å². The molecule has 1 unspecified atom stereocenters. The topological polar surface area (TPSA) is 21.3 Å². The lowest BCUT2D eigenvalue weighted by Crippen LogP contribution is -2.12. The van der Waals surface area contributed by atoms with Crippen LogP contribution in [-0.4, -0.2) is 14.2 Å². The Morgan fingerprint density at radius 2 is 2.07 bits per heavy atom. The van der Waals surface area contributed by atoms with E-state index in [0.29, 0.717) is 0 Å². The van der Waals surface area contributed by atoms with Gasteiger partial charge in [-0.1, -0.05) is 27.5 Å². The number of benzene rings is 1. The van der Waals surface area contributed by atoms with Crippen LogP contribution in [0.5, 0.6) is 5.75 Å². The van der Waals surface area contributed by atoms with Gasteiger partial charge in [0.15, 0.2) is 0 Å². The average molecular weight is 293 g/mol. The Morgan fingerprint density at radius 3 is 2.53 bits per heavy atom. The van der Waals surface area contributed by atoms with Crippen molar-refractivity contribution in [3.63, 3.8) is 0 Å². The molecule has 0 fully saturated rings. The minimum Gasteiger partial charge on any atom is -0.496 e. The summed E-state index contributed by atoms with van der Waals surface area (Å²) >= 11 is 9.75. The van der Waals surface area contributed by atoms with E-state index in [9.17, 15) is 0 Å². The minimum absolute atomic E-state index is 0.0468. The first-order chi connectivity index (χ1) is 7.02. The molecule has 0 saturated heterocycles. The van der Waals surface area contributed by atoms with Crippen LogP contribution in [-0.2, 0) is 0 Å². The molecule has 4 heteroatoms. The monoisotopic (exact) mass is 291 g/mol. The van der Waals surface area contributed by atoms with E-state index >= 15 is 0 Å². The van der Waals surface area contributed by atoms with Gasteiger partial charge in [-0.05, 0) is 38.1 Å². The molecule has 0 heterocycles. The number of alkyl halides is 1. The smallest absolute Gasteiger partial charge is 0.125 e. The second-order valence-corrected chi connectivity index (χ2v) is 4.69. The zero-order chi connectivity index (χ0) is 11.6. The highest BCUT2D eigenvalue weighted by atomic mass is 79.9. The molecule has 0 aliphatic carbocycles. The number of nitrogens with one attached hydrogen (secondary N) is 1. The van der Waals surface area contributed by atoms with Crippen molar-refractivity contribution in [2.75, 3.05) is 14.2 Å². The van der Waals surface area contributed by atoms with Gasteiger partial charge >= 0.3 is 0 Å². The quantitative estimate of drug-likeness (QED) is 0.679. The maximum Gasteiger partial charge on any atom is 0.125 e. The first-order valence-corrected chi connectivity index (χ1v) is 5.97. The maximum absolute atomic E-state index is 6.21. The molecule has 1 aromatic rings. The lowest BCUT2D eigenvalue weighted by molar-refractivity contribution is 0.407. The Morgan fingerprint density at radius 1 is 1.47 bits per heavy atom. The SMILES string of the molecule is CNC(Br)c1c(OC)cc(C)c(Cl)c1C. The van der Waals surface area contributed by atoms with E-state index in [1.807, 2.05) is 27.0 Å².